The van der Waals surface area contributed by atoms with Crippen LogP contribution in [0.3, 0.4) is 0 Å². The summed E-state index contributed by atoms with van der Waals surface area (Å²) >= 11 is 9.38. The van der Waals surface area contributed by atoms with Crippen LogP contribution in [0.1, 0.15) is 30.0 Å². The maximum atomic E-state index is 13.5. The van der Waals surface area contributed by atoms with Crippen molar-refractivity contribution in [3.05, 3.63) is 50.5 Å². The van der Waals surface area contributed by atoms with Crippen molar-refractivity contribution in [1.82, 2.24) is 9.78 Å². The zero-order chi connectivity index (χ0) is 14.9. The van der Waals surface area contributed by atoms with Crippen molar-refractivity contribution in [2.24, 2.45) is 0 Å². The molecule has 1 N–H and O–H groups in total. The summed E-state index contributed by atoms with van der Waals surface area (Å²) in [4.78, 5) is 0. The molecule has 0 saturated carbocycles. The summed E-state index contributed by atoms with van der Waals surface area (Å²) in [5, 5.41) is 15.2. The lowest BCUT2D eigenvalue weighted by Crippen LogP contribution is -2.09. The molecule has 1 aromatic carbocycles. The van der Waals surface area contributed by atoms with Gasteiger partial charge in [0.05, 0.1) is 27.0 Å². The van der Waals surface area contributed by atoms with Gasteiger partial charge >= 0.3 is 0 Å². The van der Waals surface area contributed by atoms with Crippen molar-refractivity contribution in [2.75, 3.05) is 0 Å². The molecule has 0 fully saturated rings. The van der Waals surface area contributed by atoms with Gasteiger partial charge in [0, 0.05) is 13.0 Å². The van der Waals surface area contributed by atoms with Gasteiger partial charge in [0.25, 0.3) is 0 Å². The van der Waals surface area contributed by atoms with Crippen LogP contribution in [-0.2, 0) is 13.0 Å². The molecule has 1 atom stereocenters. The SMILES string of the molecule is CCn1nc(C)c(Cl)c1CC(O)c1cccc(F)c1Br. The third kappa shape index (κ3) is 2.90. The summed E-state index contributed by atoms with van der Waals surface area (Å²) in [6.45, 7) is 4.44. The summed E-state index contributed by atoms with van der Waals surface area (Å²) in [6.07, 6.45) is -0.561. The van der Waals surface area contributed by atoms with Crippen molar-refractivity contribution in [3.63, 3.8) is 0 Å². The predicted molar refractivity (Wildman–Crippen MR) is 80.4 cm³/mol. The van der Waals surface area contributed by atoms with E-state index in [1.165, 1.54) is 6.07 Å². The van der Waals surface area contributed by atoms with Gasteiger partial charge in [-0.2, -0.15) is 5.10 Å². The molecule has 1 aromatic heterocycles. The average molecular weight is 362 g/mol. The highest BCUT2D eigenvalue weighted by Gasteiger charge is 2.20. The van der Waals surface area contributed by atoms with E-state index in [-0.39, 0.29) is 10.9 Å². The Labute approximate surface area is 130 Å². The molecule has 0 spiro atoms. The third-order valence-corrected chi connectivity index (χ3v) is 4.51. The largest absolute Gasteiger partial charge is 0.388 e. The number of rotatable bonds is 4. The van der Waals surface area contributed by atoms with E-state index in [0.29, 0.717) is 17.1 Å². The number of hydrogen-bond acceptors (Lipinski definition) is 2. The van der Waals surface area contributed by atoms with E-state index in [9.17, 15) is 9.50 Å². The molecular weight excluding hydrogens is 347 g/mol. The summed E-state index contributed by atoms with van der Waals surface area (Å²) in [6, 6.07) is 4.60. The van der Waals surface area contributed by atoms with Crippen LogP contribution in [0.5, 0.6) is 0 Å². The molecule has 108 valence electrons. The second-order valence-corrected chi connectivity index (χ2v) is 5.70. The fourth-order valence-corrected chi connectivity index (χ4v) is 2.88. The summed E-state index contributed by atoms with van der Waals surface area (Å²) in [7, 11) is 0. The van der Waals surface area contributed by atoms with E-state index in [0.717, 1.165) is 11.4 Å². The summed E-state index contributed by atoms with van der Waals surface area (Å²) in [5.41, 5.74) is 1.99. The highest BCUT2D eigenvalue weighted by Crippen LogP contribution is 2.30. The quantitative estimate of drug-likeness (QED) is 0.892. The first-order valence-corrected chi connectivity index (χ1v) is 7.46. The predicted octanol–water partition coefficient (Wildman–Crippen LogP) is 4.04. The van der Waals surface area contributed by atoms with Crippen molar-refractivity contribution in [1.29, 1.82) is 0 Å². The van der Waals surface area contributed by atoms with Crippen LogP contribution in [0, 0.1) is 12.7 Å². The fraction of sp³-hybridized carbons (Fsp3) is 0.357. The normalized spacial score (nSPS) is 12.7. The Bertz CT molecular complexity index is 630. The van der Waals surface area contributed by atoms with Crippen molar-refractivity contribution in [2.45, 2.75) is 32.9 Å². The van der Waals surface area contributed by atoms with E-state index in [1.807, 2.05) is 13.8 Å². The van der Waals surface area contributed by atoms with Gasteiger partial charge in [-0.25, -0.2) is 4.39 Å². The highest BCUT2D eigenvalue weighted by molar-refractivity contribution is 9.10. The van der Waals surface area contributed by atoms with Gasteiger partial charge in [-0.05, 0) is 41.4 Å². The Balaban J connectivity index is 2.32. The topological polar surface area (TPSA) is 38.0 Å². The number of hydrogen-bond donors (Lipinski definition) is 1. The minimum absolute atomic E-state index is 0.280. The number of benzene rings is 1. The number of aryl methyl sites for hydroxylation is 2. The second-order valence-electron chi connectivity index (χ2n) is 4.52. The Hall–Kier alpha value is -0.910. The van der Waals surface area contributed by atoms with E-state index in [2.05, 4.69) is 21.0 Å². The Morgan fingerprint density at radius 1 is 1.50 bits per heavy atom. The van der Waals surface area contributed by atoms with Gasteiger partial charge < -0.3 is 5.11 Å². The summed E-state index contributed by atoms with van der Waals surface area (Å²) in [5.74, 6) is -0.396. The van der Waals surface area contributed by atoms with Gasteiger partial charge in [-0.3, -0.25) is 4.68 Å². The Morgan fingerprint density at radius 2 is 2.20 bits per heavy atom. The molecule has 0 saturated heterocycles. The van der Waals surface area contributed by atoms with Crippen LogP contribution >= 0.6 is 27.5 Å². The molecule has 0 aliphatic rings. The maximum absolute atomic E-state index is 13.5. The van der Waals surface area contributed by atoms with Gasteiger partial charge in [-0.1, -0.05) is 23.7 Å². The first-order valence-electron chi connectivity index (χ1n) is 6.29. The maximum Gasteiger partial charge on any atom is 0.137 e. The third-order valence-electron chi connectivity index (χ3n) is 3.18. The van der Waals surface area contributed by atoms with E-state index in [1.54, 1.807) is 16.8 Å². The lowest BCUT2D eigenvalue weighted by atomic mass is 10.0. The molecule has 0 amide bonds. The summed E-state index contributed by atoms with van der Waals surface area (Å²) < 4.78 is 15.5. The van der Waals surface area contributed by atoms with E-state index >= 15 is 0 Å². The van der Waals surface area contributed by atoms with Gasteiger partial charge in [0.15, 0.2) is 0 Å². The monoisotopic (exact) mass is 360 g/mol. The molecule has 2 aromatic rings. The molecule has 6 heteroatoms. The molecule has 2 rings (SSSR count). The minimum Gasteiger partial charge on any atom is -0.388 e. The van der Waals surface area contributed by atoms with Gasteiger partial charge in [-0.15, -0.1) is 0 Å². The number of aliphatic hydroxyl groups excluding tert-OH is 1. The number of aliphatic hydroxyl groups is 1. The van der Waals surface area contributed by atoms with Gasteiger partial charge in [0.1, 0.15) is 5.82 Å². The standard InChI is InChI=1S/C14H15BrClFN2O/c1-3-19-11(14(16)8(2)18-19)7-12(20)9-5-4-6-10(17)13(9)15/h4-6,12,20H,3,7H2,1-2H3. The zero-order valence-corrected chi connectivity index (χ0v) is 13.5. The van der Waals surface area contributed by atoms with Crippen LogP contribution in [0.4, 0.5) is 4.39 Å². The van der Waals surface area contributed by atoms with Crippen molar-refractivity contribution >= 4 is 27.5 Å². The molecule has 0 aliphatic carbocycles. The van der Waals surface area contributed by atoms with E-state index in [4.69, 9.17) is 11.6 Å². The highest BCUT2D eigenvalue weighted by atomic mass is 79.9. The molecule has 0 aliphatic heterocycles. The Morgan fingerprint density at radius 3 is 2.85 bits per heavy atom. The van der Waals surface area contributed by atoms with Crippen molar-refractivity contribution < 1.29 is 9.50 Å². The number of nitrogens with zero attached hydrogens (tertiary/aromatic N) is 2. The van der Waals surface area contributed by atoms with Crippen LogP contribution in [0.25, 0.3) is 0 Å². The van der Waals surface area contributed by atoms with Crippen LogP contribution in [0.15, 0.2) is 22.7 Å². The number of aromatic nitrogens is 2. The molecule has 0 bridgehead atoms. The number of halogens is 3. The molecule has 1 unspecified atom stereocenters. The smallest absolute Gasteiger partial charge is 0.137 e. The van der Waals surface area contributed by atoms with Crippen LogP contribution < -0.4 is 0 Å². The van der Waals surface area contributed by atoms with E-state index < -0.39 is 11.9 Å². The van der Waals surface area contributed by atoms with Gasteiger partial charge in [0.2, 0.25) is 0 Å². The minimum atomic E-state index is -0.848. The molecule has 0 radical (unpaired) electrons. The first kappa shape index (κ1) is 15.5. The second kappa shape index (κ2) is 6.24. The molecule has 1 heterocycles. The lowest BCUT2D eigenvalue weighted by molar-refractivity contribution is 0.174. The molecule has 3 nitrogen and oxygen atoms in total. The fourth-order valence-electron chi connectivity index (χ4n) is 2.13. The lowest BCUT2D eigenvalue weighted by Gasteiger charge is -2.14. The molecular formula is C14H15BrClFN2O. The van der Waals surface area contributed by atoms with Crippen molar-refractivity contribution in [3.8, 4) is 0 Å². The van der Waals surface area contributed by atoms with Crippen LogP contribution in [-0.4, -0.2) is 14.9 Å². The molecule has 20 heavy (non-hydrogen) atoms. The zero-order valence-electron chi connectivity index (χ0n) is 11.2. The Kier molecular flexibility index (Phi) is 4.83. The first-order chi connectivity index (χ1) is 9.45. The van der Waals surface area contributed by atoms with Crippen LogP contribution in [0.2, 0.25) is 5.02 Å². The average Bonchev–Trinajstić information content (AvgIpc) is 2.69.